The zero-order valence-electron chi connectivity index (χ0n) is 16.5. The number of benzene rings is 3. The highest BCUT2D eigenvalue weighted by Crippen LogP contribution is 2.16. The maximum Gasteiger partial charge on any atom is 0.347 e. The van der Waals surface area contributed by atoms with E-state index in [1.165, 1.54) is 12.1 Å². The molecule has 0 radical (unpaired) electrons. The van der Waals surface area contributed by atoms with Gasteiger partial charge in [-0.15, -0.1) is 0 Å². The van der Waals surface area contributed by atoms with Gasteiger partial charge < -0.3 is 9.15 Å². The number of hydrogen-bond donors (Lipinski definition) is 0. The van der Waals surface area contributed by atoms with Crippen molar-refractivity contribution >= 4 is 28.6 Å². The van der Waals surface area contributed by atoms with Crippen molar-refractivity contribution in [2.45, 2.75) is 0 Å². The molecule has 4 rings (SSSR count). The summed E-state index contributed by atoms with van der Waals surface area (Å²) in [5.41, 5.74) is 1.14. The molecule has 0 spiro atoms. The summed E-state index contributed by atoms with van der Waals surface area (Å²) in [5.74, 6) is -0.0669. The van der Waals surface area contributed by atoms with Crippen LogP contribution < -0.4 is 10.4 Å². The third-order valence-electron chi connectivity index (χ3n) is 4.68. The van der Waals surface area contributed by atoms with E-state index < -0.39 is 11.4 Å². The summed E-state index contributed by atoms with van der Waals surface area (Å²) < 4.78 is 10.7. The maximum atomic E-state index is 12.4. The molecule has 0 N–H and O–H groups in total. The zero-order chi connectivity index (χ0) is 21.6. The molecular formula is C26H18O5. The number of ether oxygens (including phenoxy) is 1. The summed E-state index contributed by atoms with van der Waals surface area (Å²) in [6.45, 7) is -0.287. The number of ketones is 2. The molecule has 0 atom stereocenters. The molecule has 0 aliphatic heterocycles. The van der Waals surface area contributed by atoms with Crippen LogP contribution >= 0.6 is 0 Å². The normalized spacial score (nSPS) is 11.0. The molecular weight excluding hydrogens is 392 g/mol. The lowest BCUT2D eigenvalue weighted by molar-refractivity contribution is 0.0917. The Labute approximate surface area is 178 Å². The second-order valence-electron chi connectivity index (χ2n) is 6.83. The predicted octanol–water partition coefficient (Wildman–Crippen LogP) is 4.95. The van der Waals surface area contributed by atoms with Crippen molar-refractivity contribution in [1.29, 1.82) is 0 Å². The molecule has 0 amide bonds. The van der Waals surface area contributed by atoms with Crippen LogP contribution in [0.5, 0.6) is 5.75 Å². The minimum atomic E-state index is -0.684. The van der Waals surface area contributed by atoms with E-state index in [-0.39, 0.29) is 18.0 Å². The molecule has 5 nitrogen and oxygen atoms in total. The number of hydrogen-bond acceptors (Lipinski definition) is 5. The van der Waals surface area contributed by atoms with Crippen LogP contribution in [0.4, 0.5) is 0 Å². The van der Waals surface area contributed by atoms with Gasteiger partial charge in [-0.2, -0.15) is 0 Å². The number of carbonyl (C=O) groups is 2. The van der Waals surface area contributed by atoms with Crippen LogP contribution in [0.1, 0.15) is 26.3 Å². The van der Waals surface area contributed by atoms with Crippen LogP contribution in [0.2, 0.25) is 0 Å². The van der Waals surface area contributed by atoms with Gasteiger partial charge in [0.25, 0.3) is 0 Å². The molecule has 0 aliphatic carbocycles. The first-order valence-electron chi connectivity index (χ1n) is 9.66. The largest absolute Gasteiger partial charge is 0.485 e. The number of Topliss-reactive ketones (excluding diaryl/α,β-unsaturated/α-hetero) is 1. The monoisotopic (exact) mass is 410 g/mol. The fourth-order valence-electron chi connectivity index (χ4n) is 3.03. The number of allylic oxidation sites excluding steroid dienone is 1. The fraction of sp³-hybridized carbons (Fsp3) is 0.0385. The van der Waals surface area contributed by atoms with E-state index in [0.717, 1.165) is 5.56 Å². The number of rotatable bonds is 7. The molecule has 0 bridgehead atoms. The second-order valence-corrected chi connectivity index (χ2v) is 6.83. The van der Waals surface area contributed by atoms with Gasteiger partial charge in [0.05, 0.1) is 0 Å². The van der Waals surface area contributed by atoms with Crippen molar-refractivity contribution in [2.24, 2.45) is 0 Å². The Bertz CT molecular complexity index is 1320. The van der Waals surface area contributed by atoms with E-state index in [4.69, 9.17) is 9.15 Å². The Morgan fingerprint density at radius 2 is 1.58 bits per heavy atom. The summed E-state index contributed by atoms with van der Waals surface area (Å²) in [6.07, 6.45) is 3.22. The molecule has 5 heteroatoms. The van der Waals surface area contributed by atoms with Gasteiger partial charge in [-0.25, -0.2) is 4.79 Å². The first kappa shape index (κ1) is 20.0. The summed E-state index contributed by atoms with van der Waals surface area (Å²) in [7, 11) is 0. The maximum absolute atomic E-state index is 12.4. The molecule has 152 valence electrons. The van der Waals surface area contributed by atoms with Crippen LogP contribution in [-0.4, -0.2) is 18.2 Å². The summed E-state index contributed by atoms with van der Waals surface area (Å²) in [4.78, 5) is 36.6. The predicted molar refractivity (Wildman–Crippen MR) is 119 cm³/mol. The van der Waals surface area contributed by atoms with Crippen molar-refractivity contribution < 1.29 is 18.7 Å². The smallest absolute Gasteiger partial charge is 0.347 e. The van der Waals surface area contributed by atoms with Gasteiger partial charge in [0, 0.05) is 10.9 Å². The Kier molecular flexibility index (Phi) is 5.85. The van der Waals surface area contributed by atoms with E-state index in [1.54, 1.807) is 66.7 Å². The highest BCUT2D eigenvalue weighted by atomic mass is 16.5. The molecule has 1 heterocycles. The third kappa shape index (κ3) is 4.85. The molecule has 0 unspecified atom stereocenters. The molecule has 0 aliphatic rings. The number of carbonyl (C=O) groups excluding carboxylic acids is 2. The third-order valence-corrected chi connectivity index (χ3v) is 4.68. The molecule has 31 heavy (non-hydrogen) atoms. The standard InChI is InChI=1S/C26H18O5/c27-23(19-6-2-1-3-7-19)15-12-18-10-13-21(14-11-18)30-17-24(28)22-16-20-8-4-5-9-25(20)31-26(22)29/h1-16H,17H2/b15-12-. The Balaban J connectivity index is 1.39. The van der Waals surface area contributed by atoms with Gasteiger partial charge in [0.1, 0.15) is 16.9 Å². The Morgan fingerprint density at radius 1 is 0.871 bits per heavy atom. The van der Waals surface area contributed by atoms with Crippen molar-refractivity contribution in [2.75, 3.05) is 6.61 Å². The average molecular weight is 410 g/mol. The molecule has 3 aromatic carbocycles. The molecule has 1 aromatic heterocycles. The minimum Gasteiger partial charge on any atom is -0.485 e. The van der Waals surface area contributed by atoms with Crippen LogP contribution in [0.3, 0.4) is 0 Å². The van der Waals surface area contributed by atoms with E-state index in [2.05, 4.69) is 0 Å². The topological polar surface area (TPSA) is 73.6 Å². The molecule has 0 saturated heterocycles. The van der Waals surface area contributed by atoms with Crippen molar-refractivity contribution in [3.05, 3.63) is 118 Å². The van der Waals surface area contributed by atoms with Crippen molar-refractivity contribution in [3.8, 4) is 5.75 Å². The summed E-state index contributed by atoms with van der Waals surface area (Å²) >= 11 is 0. The van der Waals surface area contributed by atoms with Crippen LogP contribution in [-0.2, 0) is 0 Å². The summed E-state index contributed by atoms with van der Waals surface area (Å²) in [6, 6.07) is 24.5. The zero-order valence-corrected chi connectivity index (χ0v) is 16.5. The lowest BCUT2D eigenvalue weighted by Gasteiger charge is -2.06. The van der Waals surface area contributed by atoms with Crippen LogP contribution in [0, 0.1) is 0 Å². The number of fused-ring (bicyclic) bond motifs is 1. The van der Waals surface area contributed by atoms with Crippen LogP contribution in [0.15, 0.2) is 100 Å². The van der Waals surface area contributed by atoms with Crippen molar-refractivity contribution in [1.82, 2.24) is 0 Å². The Hall–Kier alpha value is -4.25. The Morgan fingerprint density at radius 3 is 2.35 bits per heavy atom. The lowest BCUT2D eigenvalue weighted by atomic mass is 10.1. The quantitative estimate of drug-likeness (QED) is 0.245. The van der Waals surface area contributed by atoms with Gasteiger partial charge in [-0.3, -0.25) is 9.59 Å². The minimum absolute atomic E-state index is 0.0438. The van der Waals surface area contributed by atoms with E-state index in [9.17, 15) is 14.4 Å². The first-order chi connectivity index (χ1) is 15.1. The van der Waals surface area contributed by atoms with Gasteiger partial charge in [0.15, 0.2) is 12.4 Å². The van der Waals surface area contributed by atoms with E-state index in [1.807, 2.05) is 18.2 Å². The number of para-hydroxylation sites is 1. The van der Waals surface area contributed by atoms with E-state index >= 15 is 0 Å². The average Bonchev–Trinajstić information content (AvgIpc) is 2.81. The SMILES string of the molecule is O=C(/C=C\c1ccc(OCC(=O)c2cc3ccccc3oc2=O)cc1)c1ccccc1. The second kappa shape index (κ2) is 9.05. The van der Waals surface area contributed by atoms with Gasteiger partial charge in [0.2, 0.25) is 5.78 Å². The summed E-state index contributed by atoms with van der Waals surface area (Å²) in [5, 5.41) is 0.673. The molecule has 0 saturated carbocycles. The highest BCUT2D eigenvalue weighted by Gasteiger charge is 2.14. The van der Waals surface area contributed by atoms with Crippen molar-refractivity contribution in [3.63, 3.8) is 0 Å². The first-order valence-corrected chi connectivity index (χ1v) is 9.66. The lowest BCUT2D eigenvalue weighted by Crippen LogP contribution is -2.19. The molecule has 4 aromatic rings. The van der Waals surface area contributed by atoms with E-state index in [0.29, 0.717) is 22.3 Å². The van der Waals surface area contributed by atoms with Gasteiger partial charge in [-0.05, 0) is 35.9 Å². The fourth-order valence-corrected chi connectivity index (χ4v) is 3.03. The van der Waals surface area contributed by atoms with Gasteiger partial charge >= 0.3 is 5.63 Å². The van der Waals surface area contributed by atoms with Gasteiger partial charge in [-0.1, -0.05) is 66.7 Å². The molecule has 0 fully saturated rings. The van der Waals surface area contributed by atoms with Crippen LogP contribution in [0.25, 0.3) is 17.0 Å². The highest BCUT2D eigenvalue weighted by molar-refractivity contribution is 6.06.